The molecule has 0 radical (unpaired) electrons. The van der Waals surface area contributed by atoms with Crippen LogP contribution in [-0.4, -0.2) is 10.1 Å². The molecule has 1 aliphatic carbocycles. The molecule has 1 heterocycles. The molecular weight excluding hydrogens is 290 g/mol. The average molecular weight is 301 g/mol. The van der Waals surface area contributed by atoms with Crippen molar-refractivity contribution in [2.75, 3.05) is 0 Å². The largest absolute Gasteiger partial charge is 0.419 e. The van der Waals surface area contributed by atoms with E-state index in [1.165, 1.54) is 0 Å². The molecule has 0 aliphatic heterocycles. The van der Waals surface area contributed by atoms with Crippen LogP contribution in [0.1, 0.15) is 30.7 Å². The monoisotopic (exact) mass is 301 g/mol. The molecule has 1 aliphatic rings. The Labute approximate surface area is 116 Å². The van der Waals surface area contributed by atoms with Gasteiger partial charge in [0, 0.05) is 0 Å². The van der Waals surface area contributed by atoms with Crippen molar-refractivity contribution in [2.45, 2.75) is 31.0 Å². The topological polar surface area (TPSA) is 64.9 Å². The van der Waals surface area contributed by atoms with Crippen LogP contribution in [0.4, 0.5) is 17.6 Å². The molecule has 0 bridgehead atoms. The Bertz CT molecular complexity index is 676. The van der Waals surface area contributed by atoms with Gasteiger partial charge in [0.05, 0.1) is 16.7 Å². The van der Waals surface area contributed by atoms with Gasteiger partial charge in [0.25, 0.3) is 5.89 Å². The van der Waals surface area contributed by atoms with Crippen LogP contribution in [0.25, 0.3) is 11.5 Å². The first kappa shape index (κ1) is 14.0. The summed E-state index contributed by atoms with van der Waals surface area (Å²) in [5.41, 5.74) is 3.52. The number of nitrogens with two attached hydrogens (primary N) is 1. The van der Waals surface area contributed by atoms with Crippen molar-refractivity contribution in [3.05, 3.63) is 35.4 Å². The number of halogens is 4. The Kier molecular flexibility index (Phi) is 3.01. The van der Waals surface area contributed by atoms with Crippen molar-refractivity contribution in [3.8, 4) is 11.5 Å². The van der Waals surface area contributed by atoms with Crippen LogP contribution in [0.5, 0.6) is 0 Å². The standard InChI is InChI=1S/C13H11F4N3O/c14-9-7(3-1-4-8(9)13(15,16)17)10-19-11(20-21-10)12(18)5-2-6-12/h1,3-4H,2,5-6,18H2. The fourth-order valence-corrected chi connectivity index (χ4v) is 2.23. The van der Waals surface area contributed by atoms with Crippen molar-refractivity contribution in [2.24, 2.45) is 5.73 Å². The van der Waals surface area contributed by atoms with Crippen molar-refractivity contribution >= 4 is 0 Å². The van der Waals surface area contributed by atoms with E-state index >= 15 is 0 Å². The van der Waals surface area contributed by atoms with E-state index in [-0.39, 0.29) is 17.3 Å². The Morgan fingerprint density at radius 2 is 1.95 bits per heavy atom. The van der Waals surface area contributed by atoms with E-state index in [9.17, 15) is 17.6 Å². The SMILES string of the molecule is NC1(c2noc(-c3cccc(C(F)(F)F)c3F)n2)CCC1. The van der Waals surface area contributed by atoms with Gasteiger partial charge < -0.3 is 10.3 Å². The maximum Gasteiger partial charge on any atom is 0.419 e. The highest BCUT2D eigenvalue weighted by Gasteiger charge is 2.40. The van der Waals surface area contributed by atoms with E-state index in [1.807, 2.05) is 0 Å². The summed E-state index contributed by atoms with van der Waals surface area (Å²) in [5, 5.41) is 3.66. The summed E-state index contributed by atoms with van der Waals surface area (Å²) in [6, 6.07) is 2.91. The fraction of sp³-hybridized carbons (Fsp3) is 0.385. The zero-order valence-electron chi connectivity index (χ0n) is 10.7. The van der Waals surface area contributed by atoms with Crippen molar-refractivity contribution in [3.63, 3.8) is 0 Å². The van der Waals surface area contributed by atoms with Gasteiger partial charge in [0.2, 0.25) is 0 Å². The Hall–Kier alpha value is -1.96. The molecule has 4 nitrogen and oxygen atoms in total. The number of hydrogen-bond acceptors (Lipinski definition) is 4. The lowest BCUT2D eigenvalue weighted by Crippen LogP contribution is -2.44. The van der Waals surface area contributed by atoms with Crippen LogP contribution in [0.3, 0.4) is 0 Å². The molecule has 0 unspecified atom stereocenters. The van der Waals surface area contributed by atoms with Gasteiger partial charge in [-0.1, -0.05) is 11.2 Å². The summed E-state index contributed by atoms with van der Waals surface area (Å²) >= 11 is 0. The summed E-state index contributed by atoms with van der Waals surface area (Å²) < 4.78 is 56.9. The van der Waals surface area contributed by atoms with Crippen LogP contribution in [-0.2, 0) is 11.7 Å². The number of alkyl halides is 3. The summed E-state index contributed by atoms with van der Waals surface area (Å²) in [6.07, 6.45) is -2.54. The van der Waals surface area contributed by atoms with E-state index in [0.29, 0.717) is 18.9 Å². The molecule has 1 aromatic carbocycles. The maximum atomic E-state index is 14.0. The third-order valence-electron chi connectivity index (χ3n) is 3.65. The molecule has 1 saturated carbocycles. The lowest BCUT2D eigenvalue weighted by Gasteiger charge is -2.34. The van der Waals surface area contributed by atoms with Crippen molar-refractivity contribution in [1.29, 1.82) is 0 Å². The third kappa shape index (κ3) is 2.29. The van der Waals surface area contributed by atoms with Crippen LogP contribution >= 0.6 is 0 Å². The summed E-state index contributed by atoms with van der Waals surface area (Å²) in [7, 11) is 0. The second kappa shape index (κ2) is 4.52. The van der Waals surface area contributed by atoms with Crippen LogP contribution in [0.15, 0.2) is 22.7 Å². The first-order valence-corrected chi connectivity index (χ1v) is 6.30. The Morgan fingerprint density at radius 3 is 2.52 bits per heavy atom. The third-order valence-corrected chi connectivity index (χ3v) is 3.65. The summed E-state index contributed by atoms with van der Waals surface area (Å²) in [6.45, 7) is 0. The van der Waals surface area contributed by atoms with Gasteiger partial charge in [0.1, 0.15) is 5.82 Å². The van der Waals surface area contributed by atoms with E-state index in [0.717, 1.165) is 18.6 Å². The first-order chi connectivity index (χ1) is 9.81. The van der Waals surface area contributed by atoms with Crippen LogP contribution < -0.4 is 5.73 Å². The molecule has 0 atom stereocenters. The molecule has 112 valence electrons. The molecule has 0 spiro atoms. The van der Waals surface area contributed by atoms with Gasteiger partial charge in [-0.25, -0.2) is 4.39 Å². The van der Waals surface area contributed by atoms with Gasteiger partial charge in [-0.15, -0.1) is 0 Å². The van der Waals surface area contributed by atoms with Crippen LogP contribution in [0, 0.1) is 5.82 Å². The van der Waals surface area contributed by atoms with Gasteiger partial charge >= 0.3 is 6.18 Å². The molecule has 1 aromatic heterocycles. The molecule has 2 aromatic rings. The minimum atomic E-state index is -4.79. The number of nitrogens with zero attached hydrogens (tertiary/aromatic N) is 2. The minimum absolute atomic E-state index is 0.195. The molecule has 8 heteroatoms. The smallest absolute Gasteiger partial charge is 0.334 e. The predicted molar refractivity (Wildman–Crippen MR) is 64.4 cm³/mol. The quantitative estimate of drug-likeness (QED) is 0.865. The summed E-state index contributed by atoms with van der Waals surface area (Å²) in [4.78, 5) is 3.95. The second-order valence-electron chi connectivity index (χ2n) is 5.10. The van der Waals surface area contributed by atoms with Gasteiger partial charge in [0.15, 0.2) is 5.82 Å². The van der Waals surface area contributed by atoms with Gasteiger partial charge in [-0.3, -0.25) is 0 Å². The maximum absolute atomic E-state index is 14.0. The fourth-order valence-electron chi connectivity index (χ4n) is 2.23. The highest BCUT2D eigenvalue weighted by Crippen LogP contribution is 2.39. The zero-order valence-corrected chi connectivity index (χ0v) is 10.7. The van der Waals surface area contributed by atoms with Gasteiger partial charge in [-0.05, 0) is 31.4 Å². The minimum Gasteiger partial charge on any atom is -0.334 e. The molecule has 3 rings (SSSR count). The number of hydrogen-bond donors (Lipinski definition) is 1. The average Bonchev–Trinajstić information content (AvgIpc) is 2.84. The van der Waals surface area contributed by atoms with E-state index < -0.39 is 23.1 Å². The highest BCUT2D eigenvalue weighted by atomic mass is 19.4. The van der Waals surface area contributed by atoms with E-state index in [1.54, 1.807) is 0 Å². The normalized spacial score (nSPS) is 17.6. The number of benzene rings is 1. The first-order valence-electron chi connectivity index (χ1n) is 6.30. The Balaban J connectivity index is 2.02. The lowest BCUT2D eigenvalue weighted by atomic mass is 9.77. The summed E-state index contributed by atoms with van der Waals surface area (Å²) in [5.74, 6) is -1.54. The molecule has 0 saturated heterocycles. The number of aromatic nitrogens is 2. The van der Waals surface area contributed by atoms with Gasteiger partial charge in [-0.2, -0.15) is 18.2 Å². The predicted octanol–water partition coefficient (Wildman–Crippen LogP) is 3.23. The Morgan fingerprint density at radius 1 is 1.24 bits per heavy atom. The lowest BCUT2D eigenvalue weighted by molar-refractivity contribution is -0.139. The zero-order chi connectivity index (χ0) is 15.3. The van der Waals surface area contributed by atoms with Crippen molar-refractivity contribution in [1.82, 2.24) is 10.1 Å². The van der Waals surface area contributed by atoms with Crippen molar-refractivity contribution < 1.29 is 22.1 Å². The molecular formula is C13H11F4N3O. The second-order valence-corrected chi connectivity index (χ2v) is 5.10. The number of rotatable bonds is 2. The van der Waals surface area contributed by atoms with E-state index in [2.05, 4.69) is 10.1 Å². The van der Waals surface area contributed by atoms with E-state index in [4.69, 9.17) is 10.3 Å². The molecule has 2 N–H and O–H groups in total. The van der Waals surface area contributed by atoms with Crippen LogP contribution in [0.2, 0.25) is 0 Å². The highest BCUT2D eigenvalue weighted by molar-refractivity contribution is 5.56. The molecule has 0 amide bonds. The molecule has 21 heavy (non-hydrogen) atoms. The molecule has 1 fully saturated rings.